The number of aromatic nitrogens is 1. The molecule has 2 rings (SSSR count). The third-order valence-corrected chi connectivity index (χ3v) is 7.32. The van der Waals surface area contributed by atoms with Gasteiger partial charge in [0, 0.05) is 12.5 Å². The third kappa shape index (κ3) is 4.59. The summed E-state index contributed by atoms with van der Waals surface area (Å²) in [4.78, 5) is 14.9. The summed E-state index contributed by atoms with van der Waals surface area (Å²) < 4.78 is 102. The van der Waals surface area contributed by atoms with Crippen LogP contribution in [0.5, 0.6) is 0 Å². The molecule has 0 spiro atoms. The standard InChI is InChI=1S/C16H14F6N2O4S2/c1-8-12(29-13(23-8)24-9(2)25)30(27,28)7-10-3-5-11(6-4-10)14(26,15(17,18)19)16(20,21)22/h3-6,26H,7H2,1-2H3,(H,23,24,25). The number of hydrogen-bond acceptors (Lipinski definition) is 6. The Labute approximate surface area is 170 Å². The van der Waals surface area contributed by atoms with Crippen molar-refractivity contribution in [3.05, 3.63) is 41.1 Å². The van der Waals surface area contributed by atoms with Crippen molar-refractivity contribution in [2.24, 2.45) is 0 Å². The molecule has 1 heterocycles. The van der Waals surface area contributed by atoms with Crippen molar-refractivity contribution in [3.63, 3.8) is 0 Å². The maximum absolute atomic E-state index is 12.9. The lowest BCUT2D eigenvalue weighted by molar-refractivity contribution is -0.376. The Morgan fingerprint density at radius 1 is 1.10 bits per heavy atom. The molecule has 2 aromatic rings. The number of nitrogens with zero attached hydrogens (tertiary/aromatic N) is 1. The molecule has 0 aliphatic rings. The van der Waals surface area contributed by atoms with Crippen molar-refractivity contribution in [1.82, 2.24) is 4.98 Å². The van der Waals surface area contributed by atoms with Crippen LogP contribution >= 0.6 is 11.3 Å². The van der Waals surface area contributed by atoms with Crippen LogP contribution < -0.4 is 5.32 Å². The predicted molar refractivity (Wildman–Crippen MR) is 94.5 cm³/mol. The molecule has 0 saturated carbocycles. The van der Waals surface area contributed by atoms with E-state index in [-0.39, 0.29) is 20.6 Å². The molecule has 0 bridgehead atoms. The topological polar surface area (TPSA) is 96.4 Å². The molecule has 166 valence electrons. The highest BCUT2D eigenvalue weighted by atomic mass is 32.2. The number of sulfone groups is 1. The van der Waals surface area contributed by atoms with Crippen LogP contribution in [-0.2, 0) is 26.0 Å². The Kier molecular flexibility index (Phi) is 6.27. The molecule has 1 aromatic carbocycles. The number of rotatable bonds is 5. The maximum atomic E-state index is 12.9. The molecule has 0 aliphatic heterocycles. The first-order chi connectivity index (χ1) is 13.5. The summed E-state index contributed by atoms with van der Waals surface area (Å²) in [5.41, 5.74) is -6.63. The molecule has 0 atom stereocenters. The number of carbonyl (C=O) groups is 1. The number of aryl methyl sites for hydroxylation is 1. The normalized spacial score (nSPS) is 13.4. The SMILES string of the molecule is CC(=O)Nc1nc(C)c(S(=O)(=O)Cc2ccc(C(O)(C(F)(F)F)C(F)(F)F)cc2)s1. The van der Waals surface area contributed by atoms with Crippen LogP contribution in [-0.4, -0.2) is 36.8 Å². The lowest BCUT2D eigenvalue weighted by Crippen LogP contribution is -2.53. The van der Waals surface area contributed by atoms with Gasteiger partial charge < -0.3 is 10.4 Å². The van der Waals surface area contributed by atoms with Crippen molar-refractivity contribution in [2.75, 3.05) is 5.32 Å². The Morgan fingerprint density at radius 3 is 2.03 bits per heavy atom. The predicted octanol–water partition coefficient (Wildman–Crippen LogP) is 3.70. The highest BCUT2D eigenvalue weighted by Crippen LogP contribution is 2.50. The molecule has 0 unspecified atom stereocenters. The molecular formula is C16H14F6N2O4S2. The highest BCUT2D eigenvalue weighted by molar-refractivity contribution is 7.92. The van der Waals surface area contributed by atoms with Gasteiger partial charge in [0.25, 0.3) is 5.60 Å². The van der Waals surface area contributed by atoms with E-state index in [2.05, 4.69) is 10.3 Å². The van der Waals surface area contributed by atoms with E-state index in [0.29, 0.717) is 23.5 Å². The van der Waals surface area contributed by atoms with Gasteiger partial charge in [-0.15, -0.1) is 0 Å². The number of nitrogens with one attached hydrogen (secondary N) is 1. The zero-order chi connectivity index (χ0) is 23.1. The number of amides is 1. The van der Waals surface area contributed by atoms with Gasteiger partial charge in [0.15, 0.2) is 15.0 Å². The van der Waals surface area contributed by atoms with Gasteiger partial charge in [-0.2, -0.15) is 26.3 Å². The van der Waals surface area contributed by atoms with Crippen molar-refractivity contribution >= 4 is 32.2 Å². The average Bonchev–Trinajstić information content (AvgIpc) is 2.93. The first-order valence-electron chi connectivity index (χ1n) is 7.92. The van der Waals surface area contributed by atoms with Gasteiger partial charge in [-0.25, -0.2) is 13.4 Å². The molecule has 1 amide bonds. The summed E-state index contributed by atoms with van der Waals surface area (Å²) in [6, 6.07) is 2.24. The number of alkyl halides is 6. The fraction of sp³-hybridized carbons (Fsp3) is 0.375. The van der Waals surface area contributed by atoms with Gasteiger partial charge in [0.05, 0.1) is 11.4 Å². The first kappa shape index (κ1) is 24.1. The summed E-state index contributed by atoms with van der Waals surface area (Å²) >= 11 is 0.660. The lowest BCUT2D eigenvalue weighted by Gasteiger charge is -2.32. The van der Waals surface area contributed by atoms with Crippen LogP contribution in [0.2, 0.25) is 0 Å². The fourth-order valence-electron chi connectivity index (χ4n) is 2.49. The summed E-state index contributed by atoms with van der Waals surface area (Å²) in [7, 11) is -4.07. The number of hydrogen-bond donors (Lipinski definition) is 2. The molecule has 0 saturated heterocycles. The molecule has 0 aliphatic carbocycles. The van der Waals surface area contributed by atoms with E-state index in [1.807, 2.05) is 0 Å². The summed E-state index contributed by atoms with van der Waals surface area (Å²) in [5.74, 6) is -1.23. The van der Waals surface area contributed by atoms with Crippen molar-refractivity contribution in [1.29, 1.82) is 0 Å². The van der Waals surface area contributed by atoms with E-state index in [1.54, 1.807) is 0 Å². The van der Waals surface area contributed by atoms with Crippen molar-refractivity contribution < 1.29 is 44.7 Å². The molecule has 1 aromatic heterocycles. The fourth-order valence-corrected chi connectivity index (χ4v) is 5.42. The van der Waals surface area contributed by atoms with E-state index >= 15 is 0 Å². The molecule has 30 heavy (non-hydrogen) atoms. The average molecular weight is 476 g/mol. The Balaban J connectivity index is 2.36. The van der Waals surface area contributed by atoms with Crippen LogP contribution in [0.25, 0.3) is 0 Å². The second-order valence-electron chi connectivity index (χ2n) is 6.24. The number of carbonyl (C=O) groups excluding carboxylic acids is 1. The number of aliphatic hydroxyl groups is 1. The minimum absolute atomic E-state index is 0.0225. The van der Waals surface area contributed by atoms with Crippen molar-refractivity contribution in [2.45, 2.75) is 41.8 Å². The maximum Gasteiger partial charge on any atom is 0.430 e. The summed E-state index contributed by atoms with van der Waals surface area (Å²) in [5, 5.41) is 11.7. The molecule has 0 radical (unpaired) electrons. The quantitative estimate of drug-likeness (QED) is 0.642. The summed E-state index contributed by atoms with van der Waals surface area (Å²) in [6.07, 6.45) is -12.1. The number of halogens is 6. The van der Waals surface area contributed by atoms with E-state index in [1.165, 1.54) is 13.8 Å². The molecule has 6 nitrogen and oxygen atoms in total. The first-order valence-corrected chi connectivity index (χ1v) is 10.4. The Hall–Kier alpha value is -2.19. The second kappa shape index (κ2) is 7.81. The number of benzene rings is 1. The highest BCUT2D eigenvalue weighted by Gasteiger charge is 2.71. The van der Waals surface area contributed by atoms with Gasteiger partial charge in [0.2, 0.25) is 5.91 Å². The monoisotopic (exact) mass is 476 g/mol. The minimum atomic E-state index is -6.04. The van der Waals surface area contributed by atoms with Crippen LogP contribution in [0.1, 0.15) is 23.7 Å². The van der Waals surface area contributed by atoms with E-state index < -0.39 is 45.0 Å². The van der Waals surface area contributed by atoms with E-state index in [4.69, 9.17) is 0 Å². The number of thiazole rings is 1. The smallest absolute Gasteiger partial charge is 0.369 e. The van der Waals surface area contributed by atoms with Crippen LogP contribution in [0.15, 0.2) is 28.5 Å². The van der Waals surface area contributed by atoms with Gasteiger partial charge in [-0.05, 0) is 12.5 Å². The van der Waals surface area contributed by atoms with Gasteiger partial charge in [-0.3, -0.25) is 4.79 Å². The lowest BCUT2D eigenvalue weighted by atomic mass is 9.92. The van der Waals surface area contributed by atoms with Crippen molar-refractivity contribution in [3.8, 4) is 0 Å². The Bertz CT molecular complexity index is 1030. The van der Waals surface area contributed by atoms with Gasteiger partial charge in [0.1, 0.15) is 4.21 Å². The number of anilines is 1. The molecule has 14 heteroatoms. The van der Waals surface area contributed by atoms with Crippen LogP contribution in [0.4, 0.5) is 31.5 Å². The Morgan fingerprint density at radius 2 is 1.60 bits per heavy atom. The van der Waals surface area contributed by atoms with Crippen LogP contribution in [0, 0.1) is 6.92 Å². The summed E-state index contributed by atoms with van der Waals surface area (Å²) in [6.45, 7) is 2.56. The molecular weight excluding hydrogens is 462 g/mol. The molecule has 0 fully saturated rings. The van der Waals surface area contributed by atoms with Gasteiger partial charge >= 0.3 is 12.4 Å². The van der Waals surface area contributed by atoms with E-state index in [0.717, 1.165) is 12.1 Å². The van der Waals surface area contributed by atoms with Gasteiger partial charge in [-0.1, -0.05) is 35.6 Å². The zero-order valence-electron chi connectivity index (χ0n) is 15.2. The second-order valence-corrected chi connectivity index (χ2v) is 9.42. The largest absolute Gasteiger partial charge is 0.430 e. The third-order valence-electron chi connectivity index (χ3n) is 3.87. The zero-order valence-corrected chi connectivity index (χ0v) is 16.9. The minimum Gasteiger partial charge on any atom is -0.369 e. The van der Waals surface area contributed by atoms with E-state index in [9.17, 15) is 44.7 Å². The molecule has 2 N–H and O–H groups in total. The van der Waals surface area contributed by atoms with Crippen LogP contribution in [0.3, 0.4) is 0 Å².